The summed E-state index contributed by atoms with van der Waals surface area (Å²) < 4.78 is 13.6. The van der Waals surface area contributed by atoms with Crippen molar-refractivity contribution in [1.82, 2.24) is 5.48 Å². The van der Waals surface area contributed by atoms with Crippen LogP contribution >= 0.6 is 0 Å². The highest BCUT2D eigenvalue weighted by Crippen LogP contribution is 2.28. The van der Waals surface area contributed by atoms with E-state index < -0.39 is 0 Å². The number of amides is 1. The van der Waals surface area contributed by atoms with Crippen LogP contribution in [-0.2, 0) is 4.79 Å². The summed E-state index contributed by atoms with van der Waals surface area (Å²) in [6.07, 6.45) is 3.32. The predicted molar refractivity (Wildman–Crippen MR) is 69.5 cm³/mol. The summed E-state index contributed by atoms with van der Waals surface area (Å²) >= 11 is 0. The number of allylic oxidation sites excluding steroid dienone is 4. The number of carbonyl (C=O) groups is 1. The van der Waals surface area contributed by atoms with E-state index in [0.29, 0.717) is 17.5 Å². The molecule has 0 spiro atoms. The summed E-state index contributed by atoms with van der Waals surface area (Å²) in [4.78, 5) is 15.0. The van der Waals surface area contributed by atoms with Gasteiger partial charge in [-0.05, 0) is 31.5 Å². The van der Waals surface area contributed by atoms with Crippen LogP contribution in [0.1, 0.15) is 25.0 Å². The van der Waals surface area contributed by atoms with Crippen LogP contribution in [-0.4, -0.2) is 6.41 Å². The maximum atomic E-state index is 13.6. The highest BCUT2D eigenvalue weighted by Gasteiger charge is 2.10. The number of nitrogens with one attached hydrogen (secondary N) is 1. The number of hydrogen-bond acceptors (Lipinski definition) is 3. The van der Waals surface area contributed by atoms with Gasteiger partial charge in [0.05, 0.1) is 5.56 Å². The van der Waals surface area contributed by atoms with Crippen LogP contribution < -0.4 is 10.3 Å². The topological polar surface area (TPSA) is 62.1 Å². The van der Waals surface area contributed by atoms with Gasteiger partial charge in [0, 0.05) is 5.57 Å². The molecule has 1 rings (SSSR count). The zero-order valence-corrected chi connectivity index (χ0v) is 10.6. The summed E-state index contributed by atoms with van der Waals surface area (Å²) in [6, 6.07) is 6.54. The SMILES string of the molecule is C/C=C(\C(F)=C/C)c1ccc(ONC=O)c(C#N)c1. The maximum Gasteiger partial charge on any atom is 0.239 e. The van der Waals surface area contributed by atoms with E-state index in [1.165, 1.54) is 18.2 Å². The van der Waals surface area contributed by atoms with Crippen molar-refractivity contribution in [2.75, 3.05) is 0 Å². The Morgan fingerprint density at radius 2 is 2.16 bits per heavy atom. The second-order valence-corrected chi connectivity index (χ2v) is 3.50. The molecule has 1 amide bonds. The second kappa shape index (κ2) is 6.97. The number of hydroxylamine groups is 1. The molecular weight excluding hydrogens is 247 g/mol. The summed E-state index contributed by atoms with van der Waals surface area (Å²) in [5.41, 5.74) is 3.17. The normalized spacial score (nSPS) is 11.7. The minimum absolute atomic E-state index is 0.203. The smallest absolute Gasteiger partial charge is 0.239 e. The first kappa shape index (κ1) is 14.5. The molecule has 0 aliphatic carbocycles. The second-order valence-electron chi connectivity index (χ2n) is 3.50. The Labute approximate surface area is 110 Å². The van der Waals surface area contributed by atoms with Crippen LogP contribution in [0.5, 0.6) is 5.75 Å². The van der Waals surface area contributed by atoms with Gasteiger partial charge >= 0.3 is 0 Å². The van der Waals surface area contributed by atoms with Crippen molar-refractivity contribution in [3.8, 4) is 11.8 Å². The van der Waals surface area contributed by atoms with Gasteiger partial charge in [-0.25, -0.2) is 4.39 Å². The fourth-order valence-corrected chi connectivity index (χ4v) is 1.56. The molecule has 0 aromatic heterocycles. The Hall–Kier alpha value is -2.61. The standard InChI is InChI=1S/C14H13FN2O2/c1-3-12(13(15)4-2)10-5-6-14(19-17-9-18)11(7-10)8-16/h3-7,9H,1-2H3,(H,17,18)/b12-3-,13-4+. The molecule has 0 heterocycles. The molecule has 0 bridgehead atoms. The van der Waals surface area contributed by atoms with Crippen LogP contribution in [0.25, 0.3) is 5.57 Å². The number of nitrogens with zero attached hydrogens (tertiary/aromatic N) is 1. The average Bonchev–Trinajstić information content (AvgIpc) is 2.46. The molecule has 4 nitrogen and oxygen atoms in total. The maximum absolute atomic E-state index is 13.6. The Morgan fingerprint density at radius 3 is 2.68 bits per heavy atom. The van der Waals surface area contributed by atoms with Gasteiger partial charge in [0.1, 0.15) is 11.9 Å². The highest BCUT2D eigenvalue weighted by atomic mass is 19.1. The number of benzene rings is 1. The molecule has 0 saturated heterocycles. The lowest BCUT2D eigenvalue weighted by Gasteiger charge is -2.09. The van der Waals surface area contributed by atoms with Crippen LogP contribution in [0.4, 0.5) is 4.39 Å². The van der Waals surface area contributed by atoms with Crippen molar-refractivity contribution in [2.24, 2.45) is 0 Å². The molecule has 19 heavy (non-hydrogen) atoms. The van der Waals surface area contributed by atoms with Gasteiger partial charge in [-0.3, -0.25) is 4.79 Å². The van der Waals surface area contributed by atoms with Crippen molar-refractivity contribution in [3.05, 3.63) is 47.3 Å². The van der Waals surface area contributed by atoms with E-state index in [-0.39, 0.29) is 17.1 Å². The Balaban J connectivity index is 3.20. The van der Waals surface area contributed by atoms with E-state index in [1.807, 2.05) is 11.5 Å². The monoisotopic (exact) mass is 260 g/mol. The molecule has 0 radical (unpaired) electrons. The van der Waals surface area contributed by atoms with Gasteiger partial charge in [0.15, 0.2) is 5.75 Å². The van der Waals surface area contributed by atoms with Gasteiger partial charge < -0.3 is 4.84 Å². The van der Waals surface area contributed by atoms with Crippen LogP contribution in [0.15, 0.2) is 36.2 Å². The largest absolute Gasteiger partial charge is 0.378 e. The number of rotatable bonds is 5. The summed E-state index contributed by atoms with van der Waals surface area (Å²) in [7, 11) is 0. The molecule has 0 aliphatic rings. The van der Waals surface area contributed by atoms with E-state index in [2.05, 4.69) is 0 Å². The average molecular weight is 260 g/mol. The Morgan fingerprint density at radius 1 is 1.42 bits per heavy atom. The van der Waals surface area contributed by atoms with Gasteiger partial charge in [-0.2, -0.15) is 10.7 Å². The molecular formula is C14H13FN2O2. The fraction of sp³-hybridized carbons (Fsp3) is 0.143. The molecule has 1 aromatic carbocycles. The van der Waals surface area contributed by atoms with Gasteiger partial charge in [-0.1, -0.05) is 18.2 Å². The summed E-state index contributed by atoms with van der Waals surface area (Å²) in [5.74, 6) is -0.166. The molecule has 1 aromatic rings. The minimum atomic E-state index is -0.369. The number of nitriles is 1. The van der Waals surface area contributed by atoms with E-state index >= 15 is 0 Å². The highest BCUT2D eigenvalue weighted by molar-refractivity contribution is 5.78. The van der Waals surface area contributed by atoms with Crippen molar-refractivity contribution in [1.29, 1.82) is 5.26 Å². The lowest BCUT2D eigenvalue weighted by atomic mass is 10.0. The third kappa shape index (κ3) is 3.42. The lowest BCUT2D eigenvalue weighted by molar-refractivity contribution is -0.115. The van der Waals surface area contributed by atoms with Gasteiger partial charge in [-0.15, -0.1) is 0 Å². The first-order valence-corrected chi connectivity index (χ1v) is 5.57. The van der Waals surface area contributed by atoms with E-state index in [4.69, 9.17) is 10.1 Å². The zero-order valence-electron chi connectivity index (χ0n) is 10.6. The van der Waals surface area contributed by atoms with E-state index in [9.17, 15) is 9.18 Å². The van der Waals surface area contributed by atoms with Crippen molar-refractivity contribution >= 4 is 12.0 Å². The first-order valence-electron chi connectivity index (χ1n) is 5.57. The molecule has 0 atom stereocenters. The van der Waals surface area contributed by atoms with Crippen LogP contribution in [0.3, 0.4) is 0 Å². The molecule has 1 N–H and O–H groups in total. The van der Waals surface area contributed by atoms with Crippen molar-refractivity contribution in [2.45, 2.75) is 13.8 Å². The lowest BCUT2D eigenvalue weighted by Crippen LogP contribution is -2.16. The molecule has 5 heteroatoms. The van der Waals surface area contributed by atoms with Crippen molar-refractivity contribution in [3.63, 3.8) is 0 Å². The minimum Gasteiger partial charge on any atom is -0.378 e. The molecule has 0 aliphatic heterocycles. The van der Waals surface area contributed by atoms with Crippen LogP contribution in [0.2, 0.25) is 0 Å². The fourth-order valence-electron chi connectivity index (χ4n) is 1.56. The quantitative estimate of drug-likeness (QED) is 0.503. The van der Waals surface area contributed by atoms with Crippen LogP contribution in [0, 0.1) is 11.3 Å². The number of halogens is 1. The summed E-state index contributed by atoms with van der Waals surface area (Å²) in [6.45, 7) is 3.30. The molecule has 0 unspecified atom stereocenters. The number of hydrogen-bond donors (Lipinski definition) is 1. The summed E-state index contributed by atoms with van der Waals surface area (Å²) in [5, 5.41) is 9.02. The Bertz CT molecular complexity index is 571. The first-order chi connectivity index (χ1) is 9.17. The van der Waals surface area contributed by atoms with Gasteiger partial charge in [0.25, 0.3) is 0 Å². The zero-order chi connectivity index (χ0) is 14.3. The third-order valence-electron chi connectivity index (χ3n) is 2.43. The molecule has 98 valence electrons. The third-order valence-corrected chi connectivity index (χ3v) is 2.43. The van der Waals surface area contributed by atoms with E-state index in [0.717, 1.165) is 0 Å². The Kier molecular flexibility index (Phi) is 5.30. The predicted octanol–water partition coefficient (Wildman–Crippen LogP) is 2.87. The molecule has 0 saturated carbocycles. The van der Waals surface area contributed by atoms with Crippen molar-refractivity contribution < 1.29 is 14.0 Å². The van der Waals surface area contributed by atoms with E-state index in [1.54, 1.807) is 26.0 Å². The molecule has 0 fully saturated rings. The number of carbonyl (C=O) groups excluding carboxylic acids is 1. The van der Waals surface area contributed by atoms with Gasteiger partial charge in [0.2, 0.25) is 6.41 Å².